The number of aromatic nitrogens is 3. The van der Waals surface area contributed by atoms with Crippen LogP contribution < -0.4 is 10.2 Å². The second-order valence-corrected chi connectivity index (χ2v) is 6.86. The average Bonchev–Trinajstić information content (AvgIpc) is 2.97. The molecule has 1 aliphatic heterocycles. The molecule has 1 N–H and O–H groups in total. The second kappa shape index (κ2) is 8.37. The minimum atomic E-state index is 0.182. The van der Waals surface area contributed by atoms with Gasteiger partial charge < -0.3 is 19.6 Å². The number of anilines is 2. The first-order valence-corrected chi connectivity index (χ1v) is 9.52. The van der Waals surface area contributed by atoms with Crippen molar-refractivity contribution in [3.05, 3.63) is 28.9 Å². The summed E-state index contributed by atoms with van der Waals surface area (Å²) in [5.41, 5.74) is 1.93. The van der Waals surface area contributed by atoms with Crippen molar-refractivity contribution in [3.63, 3.8) is 0 Å². The number of piperazine rings is 1. The third-order valence-electron chi connectivity index (χ3n) is 4.91. The van der Waals surface area contributed by atoms with Crippen LogP contribution in [0.25, 0.3) is 0 Å². The fourth-order valence-electron chi connectivity index (χ4n) is 3.42. The van der Waals surface area contributed by atoms with Gasteiger partial charge in [0, 0.05) is 50.8 Å². The summed E-state index contributed by atoms with van der Waals surface area (Å²) in [4.78, 5) is 25.7. The zero-order chi connectivity index (χ0) is 19.4. The predicted molar refractivity (Wildman–Crippen MR) is 104 cm³/mol. The number of amides is 1. The largest absolute Gasteiger partial charge is 0.370 e. The molecule has 1 aliphatic rings. The molecular weight excluding hydrogens is 344 g/mol. The van der Waals surface area contributed by atoms with E-state index in [2.05, 4.69) is 25.3 Å². The highest BCUT2D eigenvalue weighted by Crippen LogP contribution is 2.19. The first-order valence-electron chi connectivity index (χ1n) is 9.52. The van der Waals surface area contributed by atoms with Gasteiger partial charge in [-0.1, -0.05) is 5.16 Å². The molecule has 0 aromatic carbocycles. The van der Waals surface area contributed by atoms with Gasteiger partial charge in [-0.25, -0.2) is 9.97 Å². The van der Waals surface area contributed by atoms with Gasteiger partial charge in [-0.05, 0) is 34.1 Å². The monoisotopic (exact) mass is 372 g/mol. The lowest BCUT2D eigenvalue weighted by molar-refractivity contribution is -0.131. The number of carbonyl (C=O) groups excluding carboxylic acids is 1. The normalized spacial score (nSPS) is 14.5. The molecule has 0 bridgehead atoms. The Morgan fingerprint density at radius 3 is 2.56 bits per heavy atom. The van der Waals surface area contributed by atoms with Crippen molar-refractivity contribution in [1.82, 2.24) is 20.0 Å². The molecular formula is C19H28N6O2. The van der Waals surface area contributed by atoms with E-state index in [1.165, 1.54) is 0 Å². The van der Waals surface area contributed by atoms with Gasteiger partial charge in [0.05, 0.1) is 5.69 Å². The third-order valence-corrected chi connectivity index (χ3v) is 4.91. The van der Waals surface area contributed by atoms with E-state index >= 15 is 0 Å². The second-order valence-electron chi connectivity index (χ2n) is 6.86. The summed E-state index contributed by atoms with van der Waals surface area (Å²) in [6.45, 7) is 11.6. The van der Waals surface area contributed by atoms with Crippen LogP contribution in [0.5, 0.6) is 0 Å². The van der Waals surface area contributed by atoms with Crippen LogP contribution in [0.2, 0.25) is 0 Å². The van der Waals surface area contributed by atoms with E-state index < -0.39 is 0 Å². The summed E-state index contributed by atoms with van der Waals surface area (Å²) in [5.74, 6) is 3.50. The molecule has 146 valence electrons. The van der Waals surface area contributed by atoms with Crippen molar-refractivity contribution in [2.45, 2.75) is 40.5 Å². The number of nitrogens with one attached hydrogen (secondary N) is 1. The van der Waals surface area contributed by atoms with Crippen LogP contribution in [0.3, 0.4) is 0 Å². The lowest BCUT2D eigenvalue weighted by Crippen LogP contribution is -2.49. The molecule has 1 amide bonds. The van der Waals surface area contributed by atoms with Crippen LogP contribution in [-0.4, -0.2) is 58.7 Å². The van der Waals surface area contributed by atoms with E-state index in [-0.39, 0.29) is 5.91 Å². The number of rotatable bonds is 6. The molecule has 27 heavy (non-hydrogen) atoms. The van der Waals surface area contributed by atoms with Crippen molar-refractivity contribution >= 4 is 17.5 Å². The van der Waals surface area contributed by atoms with Crippen LogP contribution in [0.4, 0.5) is 11.6 Å². The Hall–Kier alpha value is -2.64. The summed E-state index contributed by atoms with van der Waals surface area (Å²) < 4.78 is 5.17. The maximum atomic E-state index is 12.6. The van der Waals surface area contributed by atoms with Gasteiger partial charge in [-0.15, -0.1) is 0 Å². The van der Waals surface area contributed by atoms with Gasteiger partial charge >= 0.3 is 0 Å². The number of aryl methyl sites for hydroxylation is 3. The van der Waals surface area contributed by atoms with Crippen molar-refractivity contribution in [3.8, 4) is 0 Å². The fourth-order valence-corrected chi connectivity index (χ4v) is 3.42. The maximum absolute atomic E-state index is 12.6. The topological polar surface area (TPSA) is 87.4 Å². The molecule has 8 nitrogen and oxygen atoms in total. The molecule has 0 radical (unpaired) electrons. The number of nitrogens with zero attached hydrogens (tertiary/aromatic N) is 5. The highest BCUT2D eigenvalue weighted by molar-refractivity contribution is 5.76. The van der Waals surface area contributed by atoms with Gasteiger partial charge in [-0.2, -0.15) is 0 Å². The summed E-state index contributed by atoms with van der Waals surface area (Å²) in [5, 5.41) is 7.19. The Morgan fingerprint density at radius 1 is 1.19 bits per heavy atom. The molecule has 0 aliphatic carbocycles. The Labute approximate surface area is 159 Å². The van der Waals surface area contributed by atoms with E-state index in [0.717, 1.165) is 54.1 Å². The average molecular weight is 372 g/mol. The maximum Gasteiger partial charge on any atom is 0.223 e. The quantitative estimate of drug-likeness (QED) is 0.831. The summed E-state index contributed by atoms with van der Waals surface area (Å²) >= 11 is 0. The van der Waals surface area contributed by atoms with Crippen LogP contribution in [0.15, 0.2) is 10.6 Å². The summed E-state index contributed by atoms with van der Waals surface area (Å²) in [6, 6.07) is 1.98. The first kappa shape index (κ1) is 19.1. The van der Waals surface area contributed by atoms with Crippen molar-refractivity contribution < 1.29 is 9.32 Å². The van der Waals surface area contributed by atoms with E-state index in [9.17, 15) is 4.79 Å². The first-order chi connectivity index (χ1) is 13.0. The van der Waals surface area contributed by atoms with Gasteiger partial charge in [0.25, 0.3) is 0 Å². The van der Waals surface area contributed by atoms with Crippen LogP contribution >= 0.6 is 0 Å². The molecule has 3 rings (SSSR count). The summed E-state index contributed by atoms with van der Waals surface area (Å²) in [7, 11) is 0. The number of carbonyl (C=O) groups is 1. The molecule has 2 aromatic rings. The predicted octanol–water partition coefficient (Wildman–Crippen LogP) is 2.10. The summed E-state index contributed by atoms with van der Waals surface area (Å²) in [6.07, 6.45) is 1.16. The zero-order valence-corrected chi connectivity index (χ0v) is 16.6. The molecule has 0 spiro atoms. The van der Waals surface area contributed by atoms with E-state index in [4.69, 9.17) is 4.52 Å². The van der Waals surface area contributed by atoms with Gasteiger partial charge in [0.15, 0.2) is 0 Å². The third kappa shape index (κ3) is 4.56. The minimum absolute atomic E-state index is 0.182. The lowest BCUT2D eigenvalue weighted by atomic mass is 10.1. The van der Waals surface area contributed by atoms with E-state index in [0.29, 0.717) is 25.9 Å². The van der Waals surface area contributed by atoms with E-state index in [1.54, 1.807) is 0 Å². The highest BCUT2D eigenvalue weighted by Gasteiger charge is 2.23. The van der Waals surface area contributed by atoms with Gasteiger partial charge in [0.1, 0.15) is 23.2 Å². The zero-order valence-electron chi connectivity index (χ0n) is 16.6. The Bertz CT molecular complexity index is 776. The SMILES string of the molecule is CCNc1cc(N2CCN(C(=O)CCc3c(C)noc3C)CC2)nc(C)n1. The smallest absolute Gasteiger partial charge is 0.223 e. The van der Waals surface area contributed by atoms with Crippen LogP contribution in [-0.2, 0) is 11.2 Å². The van der Waals surface area contributed by atoms with E-state index in [1.807, 2.05) is 38.7 Å². The van der Waals surface area contributed by atoms with Crippen molar-refractivity contribution in [2.75, 3.05) is 42.9 Å². The Morgan fingerprint density at radius 2 is 1.93 bits per heavy atom. The Kier molecular flexibility index (Phi) is 5.93. The highest BCUT2D eigenvalue weighted by atomic mass is 16.5. The van der Waals surface area contributed by atoms with Gasteiger partial charge in [0.2, 0.25) is 5.91 Å². The number of hydrogen-bond acceptors (Lipinski definition) is 7. The minimum Gasteiger partial charge on any atom is -0.370 e. The van der Waals surface area contributed by atoms with Crippen LogP contribution in [0.1, 0.15) is 36.2 Å². The number of hydrogen-bond donors (Lipinski definition) is 1. The molecule has 1 fully saturated rings. The van der Waals surface area contributed by atoms with Crippen molar-refractivity contribution in [2.24, 2.45) is 0 Å². The molecule has 3 heterocycles. The lowest BCUT2D eigenvalue weighted by Gasteiger charge is -2.35. The molecule has 0 unspecified atom stereocenters. The van der Waals surface area contributed by atoms with Crippen molar-refractivity contribution in [1.29, 1.82) is 0 Å². The molecule has 0 atom stereocenters. The van der Waals surface area contributed by atoms with Crippen LogP contribution in [0, 0.1) is 20.8 Å². The van der Waals surface area contributed by atoms with Gasteiger partial charge in [-0.3, -0.25) is 4.79 Å². The molecule has 0 saturated carbocycles. The fraction of sp³-hybridized carbons (Fsp3) is 0.579. The molecule has 2 aromatic heterocycles. The molecule has 8 heteroatoms. The Balaban J connectivity index is 1.55. The molecule has 1 saturated heterocycles. The standard InChI is InChI=1S/C19H28N6O2/c1-5-20-17-12-18(22-15(4)21-17)24-8-10-25(11-9-24)19(26)7-6-16-13(2)23-27-14(16)3/h12H,5-11H2,1-4H3,(H,20,21,22).